The lowest BCUT2D eigenvalue weighted by atomic mass is 10.1. The number of ether oxygens (including phenoxy) is 2. The second kappa shape index (κ2) is 6.58. The summed E-state index contributed by atoms with van der Waals surface area (Å²) in [7, 11) is 0. The fraction of sp³-hybridized carbons (Fsp3) is 0.312. The first-order chi connectivity index (χ1) is 10.6. The standard InChI is InChI=1S/C16H16ClNO3S/c1-10-2-5-22-14(10)9-18-15(19)8-11-6-12(17)16-13(7-11)20-3-4-21-16/h2,5-7H,3-4,8-9H2,1H3,(H,18,19). The monoisotopic (exact) mass is 337 g/mol. The van der Waals surface area contributed by atoms with E-state index in [9.17, 15) is 4.79 Å². The molecule has 0 aliphatic carbocycles. The van der Waals surface area contributed by atoms with Gasteiger partial charge in [-0.1, -0.05) is 11.6 Å². The molecule has 1 N–H and O–H groups in total. The number of thiophene rings is 1. The van der Waals surface area contributed by atoms with Crippen molar-refractivity contribution in [3.05, 3.63) is 44.6 Å². The van der Waals surface area contributed by atoms with Crippen molar-refractivity contribution in [1.29, 1.82) is 0 Å². The third-order valence-electron chi connectivity index (χ3n) is 3.44. The van der Waals surface area contributed by atoms with Crippen LogP contribution in [0.5, 0.6) is 11.5 Å². The maximum Gasteiger partial charge on any atom is 0.224 e. The quantitative estimate of drug-likeness (QED) is 0.930. The van der Waals surface area contributed by atoms with Crippen LogP contribution in [0.15, 0.2) is 23.6 Å². The number of aryl methyl sites for hydroxylation is 1. The van der Waals surface area contributed by atoms with E-state index in [0.717, 1.165) is 5.56 Å². The summed E-state index contributed by atoms with van der Waals surface area (Å²) < 4.78 is 11.0. The second-order valence-electron chi connectivity index (χ2n) is 5.08. The molecule has 22 heavy (non-hydrogen) atoms. The molecule has 0 unspecified atom stereocenters. The number of nitrogens with one attached hydrogen (secondary N) is 1. The maximum absolute atomic E-state index is 12.1. The zero-order chi connectivity index (χ0) is 15.5. The summed E-state index contributed by atoms with van der Waals surface area (Å²) in [5.41, 5.74) is 2.02. The van der Waals surface area contributed by atoms with Crippen LogP contribution in [0.2, 0.25) is 5.02 Å². The molecule has 0 saturated carbocycles. The van der Waals surface area contributed by atoms with Gasteiger partial charge in [-0.2, -0.15) is 0 Å². The van der Waals surface area contributed by atoms with Crippen LogP contribution < -0.4 is 14.8 Å². The van der Waals surface area contributed by atoms with Gasteiger partial charge in [0.15, 0.2) is 11.5 Å². The van der Waals surface area contributed by atoms with Crippen LogP contribution in [0, 0.1) is 6.92 Å². The van der Waals surface area contributed by atoms with Gasteiger partial charge < -0.3 is 14.8 Å². The number of amides is 1. The van der Waals surface area contributed by atoms with Gasteiger partial charge in [-0.25, -0.2) is 0 Å². The number of hydrogen-bond donors (Lipinski definition) is 1. The molecule has 116 valence electrons. The van der Waals surface area contributed by atoms with E-state index in [1.807, 2.05) is 24.4 Å². The van der Waals surface area contributed by atoms with E-state index in [1.54, 1.807) is 17.4 Å². The van der Waals surface area contributed by atoms with Crippen molar-refractivity contribution in [2.24, 2.45) is 0 Å². The van der Waals surface area contributed by atoms with Gasteiger partial charge in [0.2, 0.25) is 5.91 Å². The molecule has 0 saturated heterocycles. The molecule has 2 heterocycles. The topological polar surface area (TPSA) is 47.6 Å². The molecule has 0 fully saturated rings. The van der Waals surface area contributed by atoms with Crippen molar-refractivity contribution in [1.82, 2.24) is 5.32 Å². The SMILES string of the molecule is Cc1ccsc1CNC(=O)Cc1cc(Cl)c2c(c1)OCCO2. The highest BCUT2D eigenvalue weighted by molar-refractivity contribution is 7.10. The molecule has 0 atom stereocenters. The minimum absolute atomic E-state index is 0.0412. The van der Waals surface area contributed by atoms with Crippen molar-refractivity contribution in [2.75, 3.05) is 13.2 Å². The van der Waals surface area contributed by atoms with E-state index in [4.69, 9.17) is 21.1 Å². The molecular formula is C16H16ClNO3S. The molecular weight excluding hydrogens is 322 g/mol. The summed E-state index contributed by atoms with van der Waals surface area (Å²) in [6.45, 7) is 3.59. The van der Waals surface area contributed by atoms with Gasteiger partial charge >= 0.3 is 0 Å². The Morgan fingerprint density at radius 3 is 2.95 bits per heavy atom. The molecule has 1 aromatic heterocycles. The van der Waals surface area contributed by atoms with Crippen LogP contribution in [0.1, 0.15) is 16.0 Å². The summed E-state index contributed by atoms with van der Waals surface area (Å²) in [5, 5.41) is 5.44. The average molecular weight is 338 g/mol. The van der Waals surface area contributed by atoms with E-state index in [2.05, 4.69) is 5.32 Å². The van der Waals surface area contributed by atoms with Crippen LogP contribution in [-0.4, -0.2) is 19.1 Å². The van der Waals surface area contributed by atoms with Crippen molar-refractivity contribution >= 4 is 28.8 Å². The first-order valence-corrected chi connectivity index (χ1v) is 8.27. The lowest BCUT2D eigenvalue weighted by Crippen LogP contribution is -2.24. The molecule has 0 spiro atoms. The van der Waals surface area contributed by atoms with Crippen LogP contribution in [0.3, 0.4) is 0 Å². The number of fused-ring (bicyclic) bond motifs is 1. The number of carbonyl (C=O) groups excluding carboxylic acids is 1. The van der Waals surface area contributed by atoms with E-state index < -0.39 is 0 Å². The molecule has 1 amide bonds. The summed E-state index contributed by atoms with van der Waals surface area (Å²) in [6.07, 6.45) is 0.265. The number of halogens is 1. The zero-order valence-electron chi connectivity index (χ0n) is 12.1. The lowest BCUT2D eigenvalue weighted by Gasteiger charge is -2.20. The average Bonchev–Trinajstić information content (AvgIpc) is 2.90. The normalized spacial score (nSPS) is 13.0. The van der Waals surface area contributed by atoms with Crippen molar-refractivity contribution in [2.45, 2.75) is 19.9 Å². The molecule has 0 radical (unpaired) electrons. The number of carbonyl (C=O) groups is 1. The smallest absolute Gasteiger partial charge is 0.224 e. The molecule has 4 nitrogen and oxygen atoms in total. The van der Waals surface area contributed by atoms with E-state index in [1.165, 1.54) is 10.4 Å². The predicted octanol–water partition coefficient (Wildman–Crippen LogP) is 3.34. The predicted molar refractivity (Wildman–Crippen MR) is 87.0 cm³/mol. The maximum atomic E-state index is 12.1. The van der Waals surface area contributed by atoms with Gasteiger partial charge in [0.1, 0.15) is 13.2 Å². The largest absolute Gasteiger partial charge is 0.486 e. The van der Waals surface area contributed by atoms with Crippen LogP contribution in [-0.2, 0) is 17.8 Å². The van der Waals surface area contributed by atoms with E-state index in [0.29, 0.717) is 36.3 Å². The highest BCUT2D eigenvalue weighted by atomic mass is 35.5. The Kier molecular flexibility index (Phi) is 4.55. The molecule has 3 rings (SSSR count). The number of benzene rings is 1. The lowest BCUT2D eigenvalue weighted by molar-refractivity contribution is -0.120. The van der Waals surface area contributed by atoms with E-state index in [-0.39, 0.29) is 12.3 Å². The Morgan fingerprint density at radius 1 is 1.36 bits per heavy atom. The van der Waals surface area contributed by atoms with Crippen molar-refractivity contribution < 1.29 is 14.3 Å². The minimum atomic E-state index is -0.0412. The Balaban J connectivity index is 1.64. The van der Waals surface area contributed by atoms with Gasteiger partial charge in [-0.15, -0.1) is 11.3 Å². The van der Waals surface area contributed by atoms with Gasteiger partial charge in [0, 0.05) is 4.88 Å². The van der Waals surface area contributed by atoms with E-state index >= 15 is 0 Å². The molecule has 1 aliphatic heterocycles. The van der Waals surface area contributed by atoms with Crippen LogP contribution in [0.4, 0.5) is 0 Å². The minimum Gasteiger partial charge on any atom is -0.486 e. The second-order valence-corrected chi connectivity index (χ2v) is 6.49. The van der Waals surface area contributed by atoms with Gasteiger partial charge in [0.25, 0.3) is 0 Å². The first-order valence-electron chi connectivity index (χ1n) is 7.01. The van der Waals surface area contributed by atoms with Crippen LogP contribution >= 0.6 is 22.9 Å². The highest BCUT2D eigenvalue weighted by Gasteiger charge is 2.17. The third-order valence-corrected chi connectivity index (χ3v) is 4.74. The van der Waals surface area contributed by atoms with Gasteiger partial charge in [0.05, 0.1) is 18.0 Å². The summed E-state index contributed by atoms with van der Waals surface area (Å²) in [4.78, 5) is 13.3. The molecule has 0 bridgehead atoms. The number of hydrogen-bond acceptors (Lipinski definition) is 4. The summed E-state index contributed by atoms with van der Waals surface area (Å²) in [5.74, 6) is 1.13. The molecule has 2 aromatic rings. The van der Waals surface area contributed by atoms with Crippen LogP contribution in [0.25, 0.3) is 0 Å². The summed E-state index contributed by atoms with van der Waals surface area (Å²) in [6, 6.07) is 5.62. The highest BCUT2D eigenvalue weighted by Crippen LogP contribution is 2.38. The molecule has 1 aliphatic rings. The first kappa shape index (κ1) is 15.2. The Bertz CT molecular complexity index is 699. The van der Waals surface area contributed by atoms with Crippen molar-refractivity contribution in [3.8, 4) is 11.5 Å². The third kappa shape index (κ3) is 3.36. The van der Waals surface area contributed by atoms with Gasteiger partial charge in [-0.05, 0) is 41.6 Å². The zero-order valence-corrected chi connectivity index (χ0v) is 13.7. The number of rotatable bonds is 4. The fourth-order valence-corrected chi connectivity index (χ4v) is 3.41. The fourth-order valence-electron chi connectivity index (χ4n) is 2.28. The molecule has 6 heteroatoms. The van der Waals surface area contributed by atoms with Gasteiger partial charge in [-0.3, -0.25) is 4.79 Å². The Hall–Kier alpha value is -1.72. The Morgan fingerprint density at radius 2 is 2.18 bits per heavy atom. The summed E-state index contributed by atoms with van der Waals surface area (Å²) >= 11 is 7.82. The molecule has 1 aromatic carbocycles. The Labute approximate surface area is 138 Å². The van der Waals surface area contributed by atoms with Crippen molar-refractivity contribution in [3.63, 3.8) is 0 Å².